The first kappa shape index (κ1) is 13.3. The average Bonchev–Trinajstić information content (AvgIpc) is 2.85. The van der Waals surface area contributed by atoms with Crippen molar-refractivity contribution in [2.24, 2.45) is 0 Å². The van der Waals surface area contributed by atoms with Crippen LogP contribution < -0.4 is 10.2 Å². The lowest BCUT2D eigenvalue weighted by atomic mass is 10.0. The van der Waals surface area contributed by atoms with Crippen molar-refractivity contribution in [3.63, 3.8) is 0 Å². The Bertz CT molecular complexity index is 926. The van der Waals surface area contributed by atoms with E-state index in [1.54, 1.807) is 18.3 Å². The summed E-state index contributed by atoms with van der Waals surface area (Å²) in [6.07, 6.45) is 1.58. The SMILES string of the molecule is N#Cc1ccc(N2C(=O)C3=CNCCN3C2=O)c2ccccc12. The number of carbonyl (C=O) groups is 2. The number of benzene rings is 2. The summed E-state index contributed by atoms with van der Waals surface area (Å²) in [5.41, 5.74) is 1.38. The smallest absolute Gasteiger partial charge is 0.336 e. The molecule has 6 heteroatoms. The molecule has 0 radical (unpaired) electrons. The van der Waals surface area contributed by atoms with Crippen LogP contribution in [0.5, 0.6) is 0 Å². The maximum Gasteiger partial charge on any atom is 0.336 e. The van der Waals surface area contributed by atoms with Gasteiger partial charge in [0, 0.05) is 30.1 Å². The Balaban J connectivity index is 1.92. The highest BCUT2D eigenvalue weighted by molar-refractivity contribution is 6.29. The molecule has 0 unspecified atom stereocenters. The molecule has 0 bridgehead atoms. The van der Waals surface area contributed by atoms with Crippen LogP contribution in [-0.2, 0) is 4.79 Å². The molecule has 1 N–H and O–H groups in total. The van der Waals surface area contributed by atoms with Crippen LogP contribution in [0.1, 0.15) is 5.56 Å². The average molecular weight is 304 g/mol. The molecule has 0 aliphatic carbocycles. The van der Waals surface area contributed by atoms with E-state index in [0.29, 0.717) is 35.4 Å². The number of fused-ring (bicyclic) bond motifs is 2. The number of carbonyl (C=O) groups excluding carboxylic acids is 2. The van der Waals surface area contributed by atoms with Gasteiger partial charge in [0.05, 0.1) is 17.3 Å². The number of nitrogens with zero attached hydrogens (tertiary/aromatic N) is 3. The Hall–Kier alpha value is -3.33. The lowest BCUT2D eigenvalue weighted by Gasteiger charge is -2.20. The van der Waals surface area contributed by atoms with Crippen LogP contribution in [-0.4, -0.2) is 29.9 Å². The second kappa shape index (κ2) is 4.85. The lowest BCUT2D eigenvalue weighted by Crippen LogP contribution is -2.37. The van der Waals surface area contributed by atoms with E-state index in [1.807, 2.05) is 24.3 Å². The number of anilines is 1. The Morgan fingerprint density at radius 3 is 2.61 bits per heavy atom. The zero-order valence-corrected chi connectivity index (χ0v) is 12.1. The monoisotopic (exact) mass is 304 g/mol. The Morgan fingerprint density at radius 1 is 1.09 bits per heavy atom. The molecule has 0 aromatic heterocycles. The molecule has 2 aromatic rings. The van der Waals surface area contributed by atoms with E-state index in [9.17, 15) is 14.9 Å². The lowest BCUT2D eigenvalue weighted by molar-refractivity contribution is -0.114. The quantitative estimate of drug-likeness (QED) is 0.817. The second-order valence-electron chi connectivity index (χ2n) is 5.35. The standard InChI is InChI=1S/C17H12N4O2/c18-9-11-5-6-14(13-4-2-1-3-12(11)13)21-16(22)15-10-19-7-8-20(15)17(21)23/h1-6,10,19H,7-8H2. The molecule has 0 spiro atoms. The molecule has 1 saturated heterocycles. The summed E-state index contributed by atoms with van der Waals surface area (Å²) in [7, 11) is 0. The van der Waals surface area contributed by atoms with Crippen LogP contribution in [0, 0.1) is 11.3 Å². The van der Waals surface area contributed by atoms with Crippen LogP contribution in [0.3, 0.4) is 0 Å². The van der Waals surface area contributed by atoms with Gasteiger partial charge in [-0.3, -0.25) is 9.69 Å². The number of hydrogen-bond acceptors (Lipinski definition) is 4. The number of nitriles is 1. The van der Waals surface area contributed by atoms with Crippen molar-refractivity contribution >= 4 is 28.4 Å². The number of urea groups is 1. The fourth-order valence-corrected chi connectivity index (χ4v) is 3.03. The van der Waals surface area contributed by atoms with Crippen molar-refractivity contribution in [3.8, 4) is 6.07 Å². The zero-order valence-electron chi connectivity index (χ0n) is 12.1. The number of amides is 3. The van der Waals surface area contributed by atoms with Crippen molar-refractivity contribution < 1.29 is 9.59 Å². The van der Waals surface area contributed by atoms with E-state index in [0.717, 1.165) is 5.39 Å². The minimum Gasteiger partial charge on any atom is -0.387 e. The molecule has 23 heavy (non-hydrogen) atoms. The summed E-state index contributed by atoms with van der Waals surface area (Å²) in [5.74, 6) is -0.350. The van der Waals surface area contributed by atoms with E-state index in [1.165, 1.54) is 9.80 Å². The molecule has 4 rings (SSSR count). The van der Waals surface area contributed by atoms with Gasteiger partial charge >= 0.3 is 6.03 Å². The summed E-state index contributed by atoms with van der Waals surface area (Å²) in [5, 5.41) is 13.7. The van der Waals surface area contributed by atoms with Gasteiger partial charge in [-0.25, -0.2) is 9.69 Å². The van der Waals surface area contributed by atoms with E-state index < -0.39 is 0 Å². The van der Waals surface area contributed by atoms with Crippen molar-refractivity contribution in [3.05, 3.63) is 53.9 Å². The highest BCUT2D eigenvalue weighted by Gasteiger charge is 2.43. The summed E-state index contributed by atoms with van der Waals surface area (Å²) < 4.78 is 0. The Labute approximate surface area is 132 Å². The van der Waals surface area contributed by atoms with Gasteiger partial charge in [-0.1, -0.05) is 24.3 Å². The summed E-state index contributed by atoms with van der Waals surface area (Å²) >= 11 is 0. The van der Waals surface area contributed by atoms with Crippen LogP contribution in [0.2, 0.25) is 0 Å². The fraction of sp³-hybridized carbons (Fsp3) is 0.118. The van der Waals surface area contributed by atoms with Crippen LogP contribution in [0.15, 0.2) is 48.3 Å². The van der Waals surface area contributed by atoms with E-state index in [-0.39, 0.29) is 11.9 Å². The van der Waals surface area contributed by atoms with Gasteiger partial charge in [0.1, 0.15) is 5.70 Å². The molecular formula is C17H12N4O2. The molecule has 112 valence electrons. The van der Waals surface area contributed by atoms with Gasteiger partial charge < -0.3 is 5.32 Å². The topological polar surface area (TPSA) is 76.4 Å². The normalized spacial score (nSPS) is 16.9. The predicted molar refractivity (Wildman–Crippen MR) is 84.3 cm³/mol. The molecule has 2 aromatic carbocycles. The first-order valence-electron chi connectivity index (χ1n) is 7.24. The minimum absolute atomic E-state index is 0.349. The Kier molecular flexibility index (Phi) is 2.81. The van der Waals surface area contributed by atoms with Crippen molar-refractivity contribution in [1.29, 1.82) is 5.26 Å². The predicted octanol–water partition coefficient (Wildman–Crippen LogP) is 1.92. The van der Waals surface area contributed by atoms with Crippen molar-refractivity contribution in [2.45, 2.75) is 0 Å². The van der Waals surface area contributed by atoms with E-state index in [4.69, 9.17) is 0 Å². The largest absolute Gasteiger partial charge is 0.387 e. The Morgan fingerprint density at radius 2 is 1.87 bits per heavy atom. The molecule has 1 fully saturated rings. The third-order valence-corrected chi connectivity index (χ3v) is 4.12. The molecule has 2 heterocycles. The first-order valence-corrected chi connectivity index (χ1v) is 7.24. The highest BCUT2D eigenvalue weighted by atomic mass is 16.2. The molecule has 0 saturated carbocycles. The first-order chi connectivity index (χ1) is 11.2. The fourth-order valence-electron chi connectivity index (χ4n) is 3.03. The van der Waals surface area contributed by atoms with Gasteiger partial charge in [-0.15, -0.1) is 0 Å². The van der Waals surface area contributed by atoms with E-state index >= 15 is 0 Å². The minimum atomic E-state index is -0.350. The van der Waals surface area contributed by atoms with Crippen LogP contribution in [0.25, 0.3) is 10.8 Å². The second-order valence-corrected chi connectivity index (χ2v) is 5.35. The summed E-state index contributed by atoms with van der Waals surface area (Å²) in [6, 6.07) is 12.4. The van der Waals surface area contributed by atoms with Gasteiger partial charge in [0.2, 0.25) is 0 Å². The summed E-state index contributed by atoms with van der Waals surface area (Å²) in [6.45, 7) is 1.07. The maximum absolute atomic E-state index is 12.6. The van der Waals surface area contributed by atoms with Gasteiger partial charge in [-0.2, -0.15) is 5.26 Å². The maximum atomic E-state index is 12.6. The third-order valence-electron chi connectivity index (χ3n) is 4.12. The molecule has 6 nitrogen and oxygen atoms in total. The third kappa shape index (κ3) is 1.80. The molecular weight excluding hydrogens is 292 g/mol. The van der Waals surface area contributed by atoms with Gasteiger partial charge in [0.25, 0.3) is 5.91 Å². The van der Waals surface area contributed by atoms with Crippen molar-refractivity contribution in [1.82, 2.24) is 10.2 Å². The van der Waals surface area contributed by atoms with Crippen LogP contribution >= 0.6 is 0 Å². The number of rotatable bonds is 1. The number of nitrogens with one attached hydrogen (secondary N) is 1. The number of hydrogen-bond donors (Lipinski definition) is 1. The molecule has 3 amide bonds. The van der Waals surface area contributed by atoms with Gasteiger partial charge in [-0.05, 0) is 12.1 Å². The highest BCUT2D eigenvalue weighted by Crippen LogP contribution is 2.34. The summed E-state index contributed by atoms with van der Waals surface area (Å²) in [4.78, 5) is 27.9. The van der Waals surface area contributed by atoms with Gasteiger partial charge in [0.15, 0.2) is 0 Å². The zero-order chi connectivity index (χ0) is 16.0. The molecule has 2 aliphatic heterocycles. The molecule has 2 aliphatic rings. The number of imide groups is 1. The molecule has 0 atom stereocenters. The van der Waals surface area contributed by atoms with Crippen molar-refractivity contribution in [2.75, 3.05) is 18.0 Å². The van der Waals surface area contributed by atoms with E-state index in [2.05, 4.69) is 11.4 Å². The van der Waals surface area contributed by atoms with Crippen LogP contribution in [0.4, 0.5) is 10.5 Å².